The second kappa shape index (κ2) is 5.09. The molecule has 0 saturated heterocycles. The molecule has 0 fully saturated rings. The van der Waals surface area contributed by atoms with Crippen LogP contribution in [0.3, 0.4) is 0 Å². The number of ketones is 1. The van der Waals surface area contributed by atoms with E-state index in [1.807, 2.05) is 19.0 Å². The third-order valence-electron chi connectivity index (χ3n) is 2.52. The van der Waals surface area contributed by atoms with Crippen LogP contribution in [0.15, 0.2) is 15.8 Å². The molecule has 0 bridgehead atoms. The standard InChI is InChI=1S/C11H17N3O3/c1-8(15)9-7-14(6-5-12(2)3)11(17)13(4)10(9)16/h7H,5-6H2,1-4H3. The van der Waals surface area contributed by atoms with Crippen LogP contribution in [0.1, 0.15) is 17.3 Å². The summed E-state index contributed by atoms with van der Waals surface area (Å²) in [6.07, 6.45) is 1.34. The Morgan fingerprint density at radius 2 is 1.94 bits per heavy atom. The van der Waals surface area contributed by atoms with Gasteiger partial charge in [-0.3, -0.25) is 18.7 Å². The van der Waals surface area contributed by atoms with Crippen molar-refractivity contribution in [3.63, 3.8) is 0 Å². The highest BCUT2D eigenvalue weighted by Gasteiger charge is 2.11. The van der Waals surface area contributed by atoms with E-state index < -0.39 is 11.2 Å². The molecular formula is C11H17N3O3. The van der Waals surface area contributed by atoms with E-state index in [0.29, 0.717) is 13.1 Å². The average Bonchev–Trinajstić information content (AvgIpc) is 2.24. The zero-order valence-corrected chi connectivity index (χ0v) is 10.6. The molecule has 1 rings (SSSR count). The summed E-state index contributed by atoms with van der Waals surface area (Å²) >= 11 is 0. The second-order valence-electron chi connectivity index (χ2n) is 4.24. The summed E-state index contributed by atoms with van der Waals surface area (Å²) in [7, 11) is 5.15. The van der Waals surface area contributed by atoms with Crippen LogP contribution in [0.25, 0.3) is 0 Å². The van der Waals surface area contributed by atoms with Gasteiger partial charge in [0, 0.05) is 26.3 Å². The lowest BCUT2D eigenvalue weighted by atomic mass is 10.2. The molecule has 0 aliphatic heterocycles. The van der Waals surface area contributed by atoms with Gasteiger partial charge in [-0.05, 0) is 21.0 Å². The second-order valence-corrected chi connectivity index (χ2v) is 4.24. The summed E-state index contributed by atoms with van der Waals surface area (Å²) in [5.41, 5.74) is -0.892. The molecule has 94 valence electrons. The Balaban J connectivity index is 3.28. The molecule has 0 amide bonds. The van der Waals surface area contributed by atoms with Crippen LogP contribution in [-0.4, -0.2) is 40.5 Å². The third-order valence-corrected chi connectivity index (χ3v) is 2.52. The first kappa shape index (κ1) is 13.4. The minimum Gasteiger partial charge on any atom is -0.308 e. The number of aromatic nitrogens is 2. The van der Waals surface area contributed by atoms with Crippen molar-refractivity contribution in [2.24, 2.45) is 7.05 Å². The van der Waals surface area contributed by atoms with E-state index in [9.17, 15) is 14.4 Å². The van der Waals surface area contributed by atoms with Gasteiger partial charge in [-0.25, -0.2) is 4.79 Å². The Labute approximate surface area is 99.1 Å². The predicted molar refractivity (Wildman–Crippen MR) is 64.5 cm³/mol. The zero-order chi connectivity index (χ0) is 13.2. The van der Waals surface area contributed by atoms with Crippen LogP contribution in [-0.2, 0) is 13.6 Å². The Morgan fingerprint density at radius 1 is 1.35 bits per heavy atom. The normalized spacial score (nSPS) is 10.9. The van der Waals surface area contributed by atoms with E-state index in [1.54, 1.807) is 0 Å². The number of likely N-dealkylation sites (N-methyl/N-ethyl adjacent to an activating group) is 1. The van der Waals surface area contributed by atoms with E-state index in [-0.39, 0.29) is 11.3 Å². The maximum Gasteiger partial charge on any atom is 0.330 e. The van der Waals surface area contributed by atoms with Crippen molar-refractivity contribution in [1.29, 1.82) is 0 Å². The zero-order valence-electron chi connectivity index (χ0n) is 10.6. The lowest BCUT2D eigenvalue weighted by molar-refractivity contribution is 0.101. The van der Waals surface area contributed by atoms with Crippen molar-refractivity contribution >= 4 is 5.78 Å². The van der Waals surface area contributed by atoms with Crippen molar-refractivity contribution in [3.8, 4) is 0 Å². The van der Waals surface area contributed by atoms with Gasteiger partial charge in [0.25, 0.3) is 5.56 Å². The van der Waals surface area contributed by atoms with Crippen LogP contribution in [0, 0.1) is 0 Å². The fraction of sp³-hybridized carbons (Fsp3) is 0.545. The summed E-state index contributed by atoms with van der Waals surface area (Å²) in [5.74, 6) is -0.329. The van der Waals surface area contributed by atoms with Crippen molar-refractivity contribution in [2.45, 2.75) is 13.5 Å². The minimum absolute atomic E-state index is 0.0471. The van der Waals surface area contributed by atoms with Crippen molar-refractivity contribution in [3.05, 3.63) is 32.6 Å². The molecular weight excluding hydrogens is 222 g/mol. The summed E-state index contributed by atoms with van der Waals surface area (Å²) in [6.45, 7) is 2.42. The van der Waals surface area contributed by atoms with E-state index in [4.69, 9.17) is 0 Å². The maximum atomic E-state index is 11.8. The van der Waals surface area contributed by atoms with Gasteiger partial charge in [0.05, 0.1) is 5.56 Å². The monoisotopic (exact) mass is 239 g/mol. The van der Waals surface area contributed by atoms with Gasteiger partial charge in [0.1, 0.15) is 0 Å². The first-order chi connectivity index (χ1) is 7.84. The molecule has 0 saturated carbocycles. The highest BCUT2D eigenvalue weighted by atomic mass is 16.2. The Morgan fingerprint density at radius 3 is 2.41 bits per heavy atom. The molecule has 0 unspecified atom stereocenters. The molecule has 6 heteroatoms. The molecule has 1 heterocycles. The van der Waals surface area contributed by atoms with E-state index in [2.05, 4.69) is 0 Å². The Bertz CT molecular complexity index is 540. The number of rotatable bonds is 4. The molecule has 0 aromatic carbocycles. The molecule has 0 aliphatic rings. The lowest BCUT2D eigenvalue weighted by Crippen LogP contribution is -2.41. The molecule has 0 aliphatic carbocycles. The summed E-state index contributed by atoms with van der Waals surface area (Å²) in [5, 5.41) is 0. The topological polar surface area (TPSA) is 64.3 Å². The fourth-order valence-corrected chi connectivity index (χ4v) is 1.44. The minimum atomic E-state index is -0.538. The van der Waals surface area contributed by atoms with Gasteiger partial charge in [-0.15, -0.1) is 0 Å². The van der Waals surface area contributed by atoms with Gasteiger partial charge in [0.2, 0.25) is 0 Å². The van der Waals surface area contributed by atoms with Crippen molar-refractivity contribution in [2.75, 3.05) is 20.6 Å². The number of carbonyl (C=O) groups is 1. The molecule has 0 radical (unpaired) electrons. The Hall–Kier alpha value is -1.69. The summed E-state index contributed by atoms with van der Waals surface area (Å²) < 4.78 is 2.35. The quantitative estimate of drug-likeness (QED) is 0.652. The molecule has 0 spiro atoms. The van der Waals surface area contributed by atoms with Crippen LogP contribution in [0.2, 0.25) is 0 Å². The van der Waals surface area contributed by atoms with Gasteiger partial charge in [0.15, 0.2) is 5.78 Å². The highest BCUT2D eigenvalue weighted by Crippen LogP contribution is 1.91. The number of hydrogen-bond acceptors (Lipinski definition) is 4. The molecule has 17 heavy (non-hydrogen) atoms. The fourth-order valence-electron chi connectivity index (χ4n) is 1.44. The number of carbonyl (C=O) groups excluding carboxylic acids is 1. The van der Waals surface area contributed by atoms with Crippen LogP contribution >= 0.6 is 0 Å². The first-order valence-electron chi connectivity index (χ1n) is 5.30. The highest BCUT2D eigenvalue weighted by molar-refractivity contribution is 5.93. The number of Topliss-reactive ketones (excluding diaryl/α,β-unsaturated/α-hetero) is 1. The number of nitrogens with zero attached hydrogens (tertiary/aromatic N) is 3. The molecule has 1 aromatic rings. The van der Waals surface area contributed by atoms with Crippen LogP contribution in [0.4, 0.5) is 0 Å². The first-order valence-corrected chi connectivity index (χ1v) is 5.30. The van der Waals surface area contributed by atoms with Gasteiger partial charge in [-0.1, -0.05) is 0 Å². The SMILES string of the molecule is CC(=O)c1cn(CCN(C)C)c(=O)n(C)c1=O. The van der Waals surface area contributed by atoms with E-state index in [0.717, 1.165) is 4.57 Å². The summed E-state index contributed by atoms with van der Waals surface area (Å²) in [4.78, 5) is 36.6. The van der Waals surface area contributed by atoms with E-state index in [1.165, 1.54) is 24.7 Å². The molecule has 0 atom stereocenters. The van der Waals surface area contributed by atoms with Gasteiger partial charge >= 0.3 is 5.69 Å². The Kier molecular flexibility index (Phi) is 4.01. The number of hydrogen-bond donors (Lipinski definition) is 0. The molecule has 0 N–H and O–H groups in total. The smallest absolute Gasteiger partial charge is 0.308 e. The van der Waals surface area contributed by atoms with Gasteiger partial charge < -0.3 is 4.90 Å². The van der Waals surface area contributed by atoms with Crippen LogP contribution < -0.4 is 11.2 Å². The van der Waals surface area contributed by atoms with E-state index >= 15 is 0 Å². The molecule has 1 aromatic heterocycles. The van der Waals surface area contributed by atoms with Crippen molar-refractivity contribution < 1.29 is 4.79 Å². The van der Waals surface area contributed by atoms with Crippen LogP contribution in [0.5, 0.6) is 0 Å². The average molecular weight is 239 g/mol. The maximum absolute atomic E-state index is 11.8. The lowest BCUT2D eigenvalue weighted by Gasteiger charge is -2.12. The predicted octanol–water partition coefficient (Wildman–Crippen LogP) is -0.689. The summed E-state index contributed by atoms with van der Waals surface area (Å²) in [6, 6.07) is 0. The molecule has 6 nitrogen and oxygen atoms in total. The van der Waals surface area contributed by atoms with Crippen molar-refractivity contribution in [1.82, 2.24) is 14.0 Å². The van der Waals surface area contributed by atoms with Gasteiger partial charge in [-0.2, -0.15) is 0 Å². The largest absolute Gasteiger partial charge is 0.330 e. The third kappa shape index (κ3) is 2.91.